The summed E-state index contributed by atoms with van der Waals surface area (Å²) < 4.78 is 2.16. The van der Waals surface area contributed by atoms with Crippen molar-refractivity contribution in [1.29, 1.82) is 5.26 Å². The maximum absolute atomic E-state index is 8.82. The number of hydrogen-bond donors (Lipinski definition) is 0. The summed E-state index contributed by atoms with van der Waals surface area (Å²) in [5.74, 6) is 0. The molecule has 0 amide bonds. The van der Waals surface area contributed by atoms with Crippen LogP contribution >= 0.6 is 11.6 Å². The molecular weight excluding hydrogens is 234 g/mol. The average Bonchev–Trinajstić information content (AvgIpc) is 2.91. The summed E-state index contributed by atoms with van der Waals surface area (Å²) in [6.07, 6.45) is 5.82. The van der Waals surface area contributed by atoms with Crippen molar-refractivity contribution < 1.29 is 0 Å². The van der Waals surface area contributed by atoms with Crippen LogP contribution in [0.2, 0.25) is 5.02 Å². The summed E-state index contributed by atoms with van der Waals surface area (Å²) in [5, 5.41) is 9.48. The Morgan fingerprint density at radius 3 is 3.12 bits per heavy atom. The number of aryl methyl sites for hydroxylation is 1. The van der Waals surface area contributed by atoms with E-state index in [0.717, 1.165) is 18.4 Å². The molecule has 1 atom stereocenters. The van der Waals surface area contributed by atoms with E-state index in [-0.39, 0.29) is 6.04 Å². The first-order valence-corrected chi connectivity index (χ1v) is 5.87. The summed E-state index contributed by atoms with van der Waals surface area (Å²) in [7, 11) is 0. The molecule has 3 rings (SSSR count). The fourth-order valence-electron chi connectivity index (χ4n) is 2.40. The van der Waals surface area contributed by atoms with E-state index in [2.05, 4.69) is 15.6 Å². The monoisotopic (exact) mass is 243 g/mol. The number of hydrogen-bond acceptors (Lipinski definition) is 2. The van der Waals surface area contributed by atoms with Crippen LogP contribution in [0, 0.1) is 11.3 Å². The van der Waals surface area contributed by atoms with Crippen LogP contribution in [-0.2, 0) is 6.42 Å². The molecule has 84 valence electrons. The van der Waals surface area contributed by atoms with Gasteiger partial charge in [-0.05, 0) is 30.5 Å². The SMILES string of the molecule is N#Cc1ccc([C@H]2CCc3cncn32)c(Cl)c1. The number of nitrogens with zero attached hydrogens (tertiary/aromatic N) is 3. The molecule has 0 bridgehead atoms. The largest absolute Gasteiger partial charge is 0.327 e. The molecule has 17 heavy (non-hydrogen) atoms. The number of imidazole rings is 1. The van der Waals surface area contributed by atoms with E-state index in [1.54, 1.807) is 6.07 Å². The number of halogens is 1. The van der Waals surface area contributed by atoms with E-state index in [1.165, 1.54) is 5.69 Å². The lowest BCUT2D eigenvalue weighted by atomic mass is 10.0. The number of aromatic nitrogens is 2. The third-order valence-corrected chi connectivity index (χ3v) is 3.57. The fraction of sp³-hybridized carbons (Fsp3) is 0.231. The lowest BCUT2D eigenvalue weighted by molar-refractivity contribution is 0.616. The van der Waals surface area contributed by atoms with Gasteiger partial charge in [0.1, 0.15) is 0 Å². The topological polar surface area (TPSA) is 41.6 Å². The van der Waals surface area contributed by atoms with Crippen LogP contribution < -0.4 is 0 Å². The third kappa shape index (κ3) is 1.62. The Hall–Kier alpha value is -1.79. The fourth-order valence-corrected chi connectivity index (χ4v) is 2.71. The van der Waals surface area contributed by atoms with Crippen LogP contribution in [-0.4, -0.2) is 9.55 Å². The van der Waals surface area contributed by atoms with Crippen LogP contribution in [0.3, 0.4) is 0 Å². The second-order valence-electron chi connectivity index (χ2n) is 4.19. The minimum absolute atomic E-state index is 0.257. The molecular formula is C13H10ClN3. The third-order valence-electron chi connectivity index (χ3n) is 3.24. The molecule has 0 saturated heterocycles. The van der Waals surface area contributed by atoms with Gasteiger partial charge in [0.05, 0.1) is 24.0 Å². The number of nitriles is 1. The van der Waals surface area contributed by atoms with Crippen molar-refractivity contribution in [2.75, 3.05) is 0 Å². The second kappa shape index (κ2) is 3.90. The van der Waals surface area contributed by atoms with Crippen molar-refractivity contribution >= 4 is 11.6 Å². The van der Waals surface area contributed by atoms with Gasteiger partial charge in [0, 0.05) is 16.9 Å². The Balaban J connectivity index is 2.05. The van der Waals surface area contributed by atoms with Crippen LogP contribution in [0.1, 0.15) is 29.3 Å². The molecule has 0 spiro atoms. The molecule has 0 aliphatic carbocycles. The van der Waals surface area contributed by atoms with Crippen molar-refractivity contribution in [1.82, 2.24) is 9.55 Å². The molecule has 2 heterocycles. The summed E-state index contributed by atoms with van der Waals surface area (Å²) in [4.78, 5) is 4.15. The Morgan fingerprint density at radius 1 is 1.47 bits per heavy atom. The Labute approximate surface area is 104 Å². The lowest BCUT2D eigenvalue weighted by Crippen LogP contribution is -2.05. The summed E-state index contributed by atoms with van der Waals surface area (Å²) in [6, 6.07) is 7.84. The van der Waals surface area contributed by atoms with Gasteiger partial charge < -0.3 is 4.57 Å². The van der Waals surface area contributed by atoms with Crippen LogP contribution in [0.4, 0.5) is 0 Å². The lowest BCUT2D eigenvalue weighted by Gasteiger charge is -2.15. The van der Waals surface area contributed by atoms with Gasteiger partial charge >= 0.3 is 0 Å². The van der Waals surface area contributed by atoms with E-state index in [9.17, 15) is 0 Å². The van der Waals surface area contributed by atoms with Crippen molar-refractivity contribution in [2.24, 2.45) is 0 Å². The van der Waals surface area contributed by atoms with E-state index < -0.39 is 0 Å². The molecule has 1 aliphatic heterocycles. The number of benzene rings is 1. The van der Waals surface area contributed by atoms with Gasteiger partial charge in [-0.25, -0.2) is 4.98 Å². The van der Waals surface area contributed by atoms with Gasteiger partial charge in [0.15, 0.2) is 0 Å². The highest BCUT2D eigenvalue weighted by Gasteiger charge is 2.24. The average molecular weight is 244 g/mol. The molecule has 0 saturated carbocycles. The predicted molar refractivity (Wildman–Crippen MR) is 64.9 cm³/mol. The van der Waals surface area contributed by atoms with Gasteiger partial charge in [-0.1, -0.05) is 17.7 Å². The van der Waals surface area contributed by atoms with Crippen molar-refractivity contribution in [2.45, 2.75) is 18.9 Å². The molecule has 0 unspecified atom stereocenters. The molecule has 1 aromatic heterocycles. The summed E-state index contributed by atoms with van der Waals surface area (Å²) in [6.45, 7) is 0. The first-order chi connectivity index (χ1) is 8.29. The molecule has 0 fully saturated rings. The zero-order valence-electron chi connectivity index (χ0n) is 9.10. The van der Waals surface area contributed by atoms with Crippen molar-refractivity contribution in [3.63, 3.8) is 0 Å². The summed E-state index contributed by atoms with van der Waals surface area (Å²) >= 11 is 6.24. The van der Waals surface area contributed by atoms with E-state index >= 15 is 0 Å². The van der Waals surface area contributed by atoms with Crippen molar-refractivity contribution in [3.8, 4) is 6.07 Å². The van der Waals surface area contributed by atoms with Crippen LogP contribution in [0.25, 0.3) is 0 Å². The predicted octanol–water partition coefficient (Wildman–Crippen LogP) is 2.94. The molecule has 0 radical (unpaired) electrons. The molecule has 4 heteroatoms. The first kappa shape index (κ1) is 10.4. The zero-order valence-corrected chi connectivity index (χ0v) is 9.85. The Bertz CT molecular complexity index is 609. The standard InChI is InChI=1S/C13H10ClN3/c14-12-5-9(6-15)1-3-11(12)13-4-2-10-7-16-8-17(10)13/h1,3,5,7-8,13H,2,4H2/t13-/m1/s1. The maximum Gasteiger partial charge on any atom is 0.0992 e. The second-order valence-corrected chi connectivity index (χ2v) is 4.60. The normalized spacial score (nSPS) is 17.8. The molecule has 3 nitrogen and oxygen atoms in total. The van der Waals surface area contributed by atoms with E-state index in [0.29, 0.717) is 10.6 Å². The zero-order chi connectivity index (χ0) is 11.8. The van der Waals surface area contributed by atoms with Gasteiger partial charge in [-0.15, -0.1) is 0 Å². The highest BCUT2D eigenvalue weighted by Crippen LogP contribution is 2.35. The highest BCUT2D eigenvalue weighted by atomic mass is 35.5. The molecule has 1 aromatic carbocycles. The van der Waals surface area contributed by atoms with E-state index in [1.807, 2.05) is 24.7 Å². The highest BCUT2D eigenvalue weighted by molar-refractivity contribution is 6.31. The maximum atomic E-state index is 8.82. The number of fused-ring (bicyclic) bond motifs is 1. The Morgan fingerprint density at radius 2 is 2.35 bits per heavy atom. The number of rotatable bonds is 1. The molecule has 2 aromatic rings. The van der Waals surface area contributed by atoms with Gasteiger partial charge in [0.25, 0.3) is 0 Å². The van der Waals surface area contributed by atoms with Gasteiger partial charge in [-0.2, -0.15) is 5.26 Å². The molecule has 1 aliphatic rings. The molecule has 0 N–H and O–H groups in total. The van der Waals surface area contributed by atoms with Crippen LogP contribution in [0.15, 0.2) is 30.7 Å². The van der Waals surface area contributed by atoms with Crippen molar-refractivity contribution in [3.05, 3.63) is 52.6 Å². The van der Waals surface area contributed by atoms with Gasteiger partial charge in [-0.3, -0.25) is 0 Å². The Kier molecular flexibility index (Phi) is 2.38. The quantitative estimate of drug-likeness (QED) is 0.773. The smallest absolute Gasteiger partial charge is 0.0992 e. The van der Waals surface area contributed by atoms with E-state index in [4.69, 9.17) is 16.9 Å². The van der Waals surface area contributed by atoms with Crippen LogP contribution in [0.5, 0.6) is 0 Å². The first-order valence-electron chi connectivity index (χ1n) is 5.50. The van der Waals surface area contributed by atoms with Gasteiger partial charge in [0.2, 0.25) is 0 Å². The summed E-state index contributed by atoms with van der Waals surface area (Å²) in [5.41, 5.74) is 2.92. The minimum atomic E-state index is 0.257. The minimum Gasteiger partial charge on any atom is -0.327 e.